The minimum atomic E-state index is -0.437. The quantitative estimate of drug-likeness (QED) is 0.699. The highest BCUT2D eigenvalue weighted by Crippen LogP contribution is 2.24. The molecule has 1 atom stereocenters. The number of fused-ring (bicyclic) bond motifs is 1. The molecule has 1 aromatic carbocycles. The van der Waals surface area contributed by atoms with E-state index in [9.17, 15) is 9.59 Å². The fourth-order valence-electron chi connectivity index (χ4n) is 3.08. The number of carbonyl (C=O) groups excluding carboxylic acids is 2. The Labute approximate surface area is 164 Å². The van der Waals surface area contributed by atoms with Crippen LogP contribution in [0.25, 0.3) is 22.2 Å². The summed E-state index contributed by atoms with van der Waals surface area (Å²) >= 11 is 1.53. The molecule has 1 saturated heterocycles. The molecule has 1 unspecified atom stereocenters. The van der Waals surface area contributed by atoms with Crippen molar-refractivity contribution in [1.82, 2.24) is 25.4 Å². The second-order valence-electron chi connectivity index (χ2n) is 6.25. The zero-order valence-corrected chi connectivity index (χ0v) is 15.6. The number of amides is 2. The van der Waals surface area contributed by atoms with Crippen LogP contribution in [0.4, 0.5) is 0 Å². The number of hydrogen-bond acceptors (Lipinski definition) is 6. The van der Waals surface area contributed by atoms with Gasteiger partial charge in [-0.3, -0.25) is 19.7 Å². The molecule has 0 saturated carbocycles. The predicted octanol–water partition coefficient (Wildman–Crippen LogP) is 1.78. The van der Waals surface area contributed by atoms with Gasteiger partial charge in [-0.05, 0) is 24.3 Å². The van der Waals surface area contributed by atoms with Crippen LogP contribution in [0.1, 0.15) is 10.4 Å². The predicted molar refractivity (Wildman–Crippen MR) is 105 cm³/mol. The Kier molecular flexibility index (Phi) is 4.95. The number of hydrogen-bond donors (Lipinski definition) is 2. The Morgan fingerprint density at radius 3 is 3.00 bits per heavy atom. The van der Waals surface area contributed by atoms with Crippen LogP contribution >= 0.6 is 11.8 Å². The molecule has 1 aliphatic rings. The lowest BCUT2D eigenvalue weighted by molar-refractivity contribution is -0.129. The van der Waals surface area contributed by atoms with E-state index in [-0.39, 0.29) is 18.4 Å². The molecule has 0 bridgehead atoms. The Bertz CT molecular complexity index is 1080. The number of nitriles is 1. The highest BCUT2D eigenvalue weighted by Gasteiger charge is 2.29. The van der Waals surface area contributed by atoms with Crippen molar-refractivity contribution in [2.24, 2.45) is 0 Å². The van der Waals surface area contributed by atoms with Crippen LogP contribution in [0, 0.1) is 11.3 Å². The monoisotopic (exact) mass is 392 g/mol. The third-order valence-electron chi connectivity index (χ3n) is 4.55. The first-order valence-corrected chi connectivity index (χ1v) is 9.76. The van der Waals surface area contributed by atoms with E-state index in [1.165, 1.54) is 16.7 Å². The van der Waals surface area contributed by atoms with Gasteiger partial charge in [-0.25, -0.2) is 0 Å². The summed E-state index contributed by atoms with van der Waals surface area (Å²) in [6.45, 7) is -0.151. The number of carbonyl (C=O) groups is 2. The van der Waals surface area contributed by atoms with Crippen LogP contribution in [0.15, 0.2) is 42.7 Å². The van der Waals surface area contributed by atoms with E-state index in [1.807, 2.05) is 24.3 Å². The summed E-state index contributed by atoms with van der Waals surface area (Å²) in [7, 11) is 0. The standard InChI is InChI=1S/C19H16N6O2S/c20-8-13-10-28-11-25(13)18(26)9-22-19(27)14-3-5-21-17-2-1-12(7-15(14)17)16-4-6-23-24-16/h1-7,13H,9-11H2,(H,22,27)(H,23,24). The molecule has 0 radical (unpaired) electrons. The fourth-order valence-corrected chi connectivity index (χ4v) is 4.18. The van der Waals surface area contributed by atoms with Gasteiger partial charge in [-0.1, -0.05) is 6.07 Å². The van der Waals surface area contributed by atoms with Gasteiger partial charge in [0.2, 0.25) is 5.91 Å². The van der Waals surface area contributed by atoms with E-state index in [4.69, 9.17) is 5.26 Å². The smallest absolute Gasteiger partial charge is 0.252 e. The number of nitrogens with one attached hydrogen (secondary N) is 2. The van der Waals surface area contributed by atoms with Crippen LogP contribution in [-0.2, 0) is 4.79 Å². The fraction of sp³-hybridized carbons (Fsp3) is 0.211. The number of benzene rings is 1. The van der Waals surface area contributed by atoms with Gasteiger partial charge in [0.15, 0.2) is 0 Å². The van der Waals surface area contributed by atoms with Gasteiger partial charge >= 0.3 is 0 Å². The van der Waals surface area contributed by atoms with Crippen LogP contribution < -0.4 is 5.32 Å². The lowest BCUT2D eigenvalue weighted by Gasteiger charge is -2.18. The van der Waals surface area contributed by atoms with Crippen LogP contribution in [0.2, 0.25) is 0 Å². The third kappa shape index (κ3) is 3.42. The van der Waals surface area contributed by atoms with E-state index in [0.717, 1.165) is 11.3 Å². The summed E-state index contributed by atoms with van der Waals surface area (Å²) in [5.41, 5.74) is 2.84. The highest BCUT2D eigenvalue weighted by molar-refractivity contribution is 7.99. The maximum absolute atomic E-state index is 12.7. The van der Waals surface area contributed by atoms with Crippen molar-refractivity contribution in [1.29, 1.82) is 5.26 Å². The largest absolute Gasteiger partial charge is 0.343 e. The first-order valence-electron chi connectivity index (χ1n) is 8.61. The molecule has 0 spiro atoms. The van der Waals surface area contributed by atoms with Gasteiger partial charge in [0.05, 0.1) is 35.3 Å². The number of thioether (sulfide) groups is 1. The van der Waals surface area contributed by atoms with Crippen molar-refractivity contribution < 1.29 is 9.59 Å². The van der Waals surface area contributed by atoms with Crippen molar-refractivity contribution in [2.75, 3.05) is 18.2 Å². The summed E-state index contributed by atoms with van der Waals surface area (Å²) in [6, 6.07) is 10.8. The second-order valence-corrected chi connectivity index (χ2v) is 7.25. The Balaban J connectivity index is 1.55. The van der Waals surface area contributed by atoms with E-state index in [1.54, 1.807) is 18.5 Å². The highest BCUT2D eigenvalue weighted by atomic mass is 32.2. The summed E-state index contributed by atoms with van der Waals surface area (Å²) < 4.78 is 0. The van der Waals surface area contributed by atoms with Crippen LogP contribution in [0.5, 0.6) is 0 Å². The molecule has 9 heteroatoms. The van der Waals surface area contributed by atoms with Crippen LogP contribution in [-0.4, -0.2) is 56.1 Å². The topological polar surface area (TPSA) is 115 Å². The average Bonchev–Trinajstić information content (AvgIpc) is 3.42. The first-order chi connectivity index (χ1) is 13.7. The van der Waals surface area contributed by atoms with Crippen molar-refractivity contribution in [2.45, 2.75) is 6.04 Å². The molecule has 2 aromatic heterocycles. The van der Waals surface area contributed by atoms with Crippen molar-refractivity contribution >= 4 is 34.5 Å². The molecular weight excluding hydrogens is 376 g/mol. The summed E-state index contributed by atoms with van der Waals surface area (Å²) in [4.78, 5) is 30.9. The normalized spacial score (nSPS) is 16.1. The molecule has 140 valence electrons. The molecule has 2 amide bonds. The van der Waals surface area contributed by atoms with Gasteiger partial charge in [0, 0.05) is 29.1 Å². The number of H-pyrrole nitrogens is 1. The number of nitrogens with zero attached hydrogens (tertiary/aromatic N) is 4. The SMILES string of the molecule is N#CC1CSCN1C(=O)CNC(=O)c1ccnc2ccc(-c3ccn[nH]3)cc12. The van der Waals surface area contributed by atoms with Gasteiger partial charge < -0.3 is 10.2 Å². The maximum atomic E-state index is 12.7. The van der Waals surface area contributed by atoms with E-state index in [0.29, 0.717) is 28.1 Å². The number of aromatic nitrogens is 3. The Morgan fingerprint density at radius 2 is 2.21 bits per heavy atom. The van der Waals surface area contributed by atoms with E-state index in [2.05, 4.69) is 26.6 Å². The molecule has 1 fully saturated rings. The minimum Gasteiger partial charge on any atom is -0.343 e. The van der Waals surface area contributed by atoms with E-state index >= 15 is 0 Å². The first kappa shape index (κ1) is 18.0. The Morgan fingerprint density at radius 1 is 1.32 bits per heavy atom. The lowest BCUT2D eigenvalue weighted by atomic mass is 10.0. The number of rotatable bonds is 4. The van der Waals surface area contributed by atoms with Crippen molar-refractivity contribution in [3.63, 3.8) is 0 Å². The zero-order chi connectivity index (χ0) is 19.5. The van der Waals surface area contributed by atoms with Crippen molar-refractivity contribution in [3.8, 4) is 17.3 Å². The molecule has 2 N–H and O–H groups in total. The minimum absolute atomic E-state index is 0.151. The number of pyridine rings is 1. The molecule has 3 aromatic rings. The van der Waals surface area contributed by atoms with Gasteiger partial charge in [0.1, 0.15) is 6.04 Å². The zero-order valence-electron chi connectivity index (χ0n) is 14.8. The summed E-state index contributed by atoms with van der Waals surface area (Å²) in [6.07, 6.45) is 3.23. The number of aromatic amines is 1. The van der Waals surface area contributed by atoms with Crippen molar-refractivity contribution in [3.05, 3.63) is 48.3 Å². The Hall–Kier alpha value is -3.38. The van der Waals surface area contributed by atoms with Gasteiger partial charge in [-0.2, -0.15) is 10.4 Å². The molecule has 8 nitrogen and oxygen atoms in total. The third-order valence-corrected chi connectivity index (χ3v) is 5.56. The molecular formula is C19H16N6O2S. The summed E-state index contributed by atoms with van der Waals surface area (Å²) in [5, 5.41) is 19.3. The van der Waals surface area contributed by atoms with Gasteiger partial charge in [0.25, 0.3) is 5.91 Å². The molecule has 0 aliphatic carbocycles. The van der Waals surface area contributed by atoms with Gasteiger partial charge in [-0.15, -0.1) is 11.8 Å². The molecule has 28 heavy (non-hydrogen) atoms. The maximum Gasteiger partial charge on any atom is 0.252 e. The second kappa shape index (κ2) is 7.70. The molecule has 3 heterocycles. The van der Waals surface area contributed by atoms with E-state index < -0.39 is 6.04 Å². The molecule has 1 aliphatic heterocycles. The van der Waals surface area contributed by atoms with Crippen LogP contribution in [0.3, 0.4) is 0 Å². The molecule has 4 rings (SSSR count). The average molecular weight is 392 g/mol. The summed E-state index contributed by atoms with van der Waals surface area (Å²) in [5.74, 6) is 0.449. The lowest BCUT2D eigenvalue weighted by Crippen LogP contribution is -2.42.